The summed E-state index contributed by atoms with van der Waals surface area (Å²) >= 11 is 1.29. The molecular weight excluding hydrogens is 323 g/mol. The monoisotopic (exact) mass is 336 g/mol. The van der Waals surface area contributed by atoms with Crippen molar-refractivity contribution in [2.24, 2.45) is 0 Å². The van der Waals surface area contributed by atoms with Crippen molar-refractivity contribution in [2.75, 3.05) is 18.8 Å². The van der Waals surface area contributed by atoms with Crippen LogP contribution in [0.15, 0.2) is 28.8 Å². The Hall–Kier alpha value is -2.42. The van der Waals surface area contributed by atoms with Gasteiger partial charge in [0.05, 0.1) is 11.5 Å². The molecule has 1 saturated heterocycles. The summed E-state index contributed by atoms with van der Waals surface area (Å²) < 4.78 is 18.0. The standard InChI is InChI=1S/C14H13FN4O3S/c15-10-3-1-9(2-4-10)13-17-11(22-18-13)7-23-8-12(20)19-6-5-16-14(19)21/h1-4H,5-8H2,(H,16,21). The van der Waals surface area contributed by atoms with Gasteiger partial charge in [0.2, 0.25) is 17.6 Å². The lowest BCUT2D eigenvalue weighted by Crippen LogP contribution is -2.35. The molecule has 7 nitrogen and oxygen atoms in total. The lowest BCUT2D eigenvalue weighted by molar-refractivity contribution is -0.124. The van der Waals surface area contributed by atoms with Crippen LogP contribution in [-0.4, -0.2) is 45.8 Å². The van der Waals surface area contributed by atoms with E-state index in [0.717, 1.165) is 0 Å². The Bertz CT molecular complexity index is 719. The van der Waals surface area contributed by atoms with Gasteiger partial charge >= 0.3 is 6.03 Å². The summed E-state index contributed by atoms with van der Waals surface area (Å²) in [6.45, 7) is 0.882. The molecule has 1 aromatic heterocycles. The molecule has 0 radical (unpaired) electrons. The van der Waals surface area contributed by atoms with Gasteiger partial charge in [0.15, 0.2) is 0 Å². The summed E-state index contributed by atoms with van der Waals surface area (Å²) in [5.41, 5.74) is 0.649. The second-order valence-electron chi connectivity index (χ2n) is 4.79. The topological polar surface area (TPSA) is 88.3 Å². The first-order valence-corrected chi connectivity index (χ1v) is 8.03. The maximum absolute atomic E-state index is 12.9. The summed E-state index contributed by atoms with van der Waals surface area (Å²) in [4.78, 5) is 28.6. The van der Waals surface area contributed by atoms with Crippen molar-refractivity contribution in [3.05, 3.63) is 36.0 Å². The SMILES string of the molecule is O=C(CSCc1nc(-c2ccc(F)cc2)no1)N1CCNC1=O. The van der Waals surface area contributed by atoms with Crippen molar-refractivity contribution in [2.45, 2.75) is 5.75 Å². The fraction of sp³-hybridized carbons (Fsp3) is 0.286. The number of hydrogen-bond donors (Lipinski definition) is 1. The van der Waals surface area contributed by atoms with Gasteiger partial charge in [-0.25, -0.2) is 9.18 Å². The average molecular weight is 336 g/mol. The molecule has 0 bridgehead atoms. The summed E-state index contributed by atoms with van der Waals surface area (Å²) in [6, 6.07) is 5.41. The number of amides is 3. The quantitative estimate of drug-likeness (QED) is 0.893. The zero-order valence-corrected chi connectivity index (χ0v) is 12.8. The molecule has 0 unspecified atom stereocenters. The highest BCUT2D eigenvalue weighted by Gasteiger charge is 2.25. The second kappa shape index (κ2) is 6.78. The molecule has 1 aliphatic rings. The Morgan fingerprint density at radius 2 is 2.17 bits per heavy atom. The maximum atomic E-state index is 12.9. The summed E-state index contributed by atoms with van der Waals surface area (Å²) in [6.07, 6.45) is 0. The molecule has 0 saturated carbocycles. The van der Waals surface area contributed by atoms with Gasteiger partial charge in [-0.15, -0.1) is 11.8 Å². The van der Waals surface area contributed by atoms with Crippen LogP contribution in [0, 0.1) is 5.82 Å². The van der Waals surface area contributed by atoms with Crippen molar-refractivity contribution >= 4 is 23.7 Å². The number of carbonyl (C=O) groups is 2. The Labute approximate surface area is 135 Å². The second-order valence-corrected chi connectivity index (χ2v) is 5.77. The van der Waals surface area contributed by atoms with E-state index in [-0.39, 0.29) is 23.5 Å². The normalized spacial score (nSPS) is 14.1. The zero-order valence-electron chi connectivity index (χ0n) is 12.0. The van der Waals surface area contributed by atoms with E-state index >= 15 is 0 Å². The number of rotatable bonds is 5. The van der Waals surface area contributed by atoms with Crippen LogP contribution in [0.5, 0.6) is 0 Å². The van der Waals surface area contributed by atoms with E-state index in [1.165, 1.54) is 28.8 Å². The molecule has 3 amide bonds. The minimum absolute atomic E-state index is 0.154. The summed E-state index contributed by atoms with van der Waals surface area (Å²) in [5.74, 6) is 0.663. The third-order valence-corrected chi connectivity index (χ3v) is 4.08. The Kier molecular flexibility index (Phi) is 4.56. The van der Waals surface area contributed by atoms with E-state index in [1.54, 1.807) is 12.1 Å². The number of nitrogens with one attached hydrogen (secondary N) is 1. The van der Waals surface area contributed by atoms with Crippen molar-refractivity contribution < 1.29 is 18.5 Å². The molecular formula is C14H13FN4O3S. The number of carbonyl (C=O) groups excluding carboxylic acids is 2. The molecule has 1 N–H and O–H groups in total. The molecule has 2 heterocycles. The van der Waals surface area contributed by atoms with Crippen LogP contribution in [0.25, 0.3) is 11.4 Å². The highest BCUT2D eigenvalue weighted by Crippen LogP contribution is 2.18. The van der Waals surface area contributed by atoms with Crippen LogP contribution < -0.4 is 5.32 Å². The summed E-state index contributed by atoms with van der Waals surface area (Å²) in [7, 11) is 0. The molecule has 23 heavy (non-hydrogen) atoms. The number of nitrogens with zero attached hydrogens (tertiary/aromatic N) is 3. The van der Waals surface area contributed by atoms with E-state index < -0.39 is 0 Å². The molecule has 1 aromatic carbocycles. The van der Waals surface area contributed by atoms with E-state index in [4.69, 9.17) is 4.52 Å². The Balaban J connectivity index is 1.52. The van der Waals surface area contributed by atoms with E-state index in [9.17, 15) is 14.0 Å². The van der Waals surface area contributed by atoms with Gasteiger partial charge in [-0.2, -0.15) is 4.98 Å². The van der Waals surface area contributed by atoms with Crippen molar-refractivity contribution in [1.29, 1.82) is 0 Å². The minimum atomic E-state index is -0.355. The number of halogens is 1. The molecule has 0 aliphatic carbocycles. The lowest BCUT2D eigenvalue weighted by Gasteiger charge is -2.10. The van der Waals surface area contributed by atoms with E-state index in [1.807, 2.05) is 0 Å². The molecule has 2 aromatic rings. The molecule has 120 valence electrons. The van der Waals surface area contributed by atoms with Crippen LogP contribution in [0.4, 0.5) is 9.18 Å². The van der Waals surface area contributed by atoms with Gasteiger partial charge in [-0.05, 0) is 24.3 Å². The van der Waals surface area contributed by atoms with Gasteiger partial charge < -0.3 is 9.84 Å². The van der Waals surface area contributed by atoms with Crippen molar-refractivity contribution in [1.82, 2.24) is 20.4 Å². The zero-order chi connectivity index (χ0) is 16.2. The van der Waals surface area contributed by atoms with Gasteiger partial charge in [-0.3, -0.25) is 9.69 Å². The molecule has 9 heteroatoms. The van der Waals surface area contributed by atoms with Gasteiger partial charge in [0.1, 0.15) is 5.82 Å². The molecule has 0 spiro atoms. The molecule has 3 rings (SSSR count). The van der Waals surface area contributed by atoms with Crippen molar-refractivity contribution in [3.63, 3.8) is 0 Å². The third kappa shape index (κ3) is 3.67. The van der Waals surface area contributed by atoms with E-state index in [2.05, 4.69) is 15.5 Å². The first kappa shape index (κ1) is 15.5. The van der Waals surface area contributed by atoms with Gasteiger partial charge in [0, 0.05) is 18.7 Å². The number of benzene rings is 1. The van der Waals surface area contributed by atoms with Crippen molar-refractivity contribution in [3.8, 4) is 11.4 Å². The van der Waals surface area contributed by atoms with Crippen LogP contribution in [-0.2, 0) is 10.5 Å². The van der Waals surface area contributed by atoms with Crippen LogP contribution in [0.3, 0.4) is 0 Å². The number of thioether (sulfide) groups is 1. The minimum Gasteiger partial charge on any atom is -0.338 e. The highest BCUT2D eigenvalue weighted by molar-refractivity contribution is 7.99. The Morgan fingerprint density at radius 3 is 2.87 bits per heavy atom. The van der Waals surface area contributed by atoms with E-state index in [0.29, 0.717) is 36.1 Å². The Morgan fingerprint density at radius 1 is 1.39 bits per heavy atom. The average Bonchev–Trinajstić information content (AvgIpc) is 3.17. The number of hydrogen-bond acceptors (Lipinski definition) is 6. The fourth-order valence-electron chi connectivity index (χ4n) is 2.04. The van der Waals surface area contributed by atoms with Gasteiger partial charge in [0.25, 0.3) is 0 Å². The maximum Gasteiger partial charge on any atom is 0.324 e. The predicted octanol–water partition coefficient (Wildman–Crippen LogP) is 1.66. The fourth-order valence-corrected chi connectivity index (χ4v) is 2.77. The largest absolute Gasteiger partial charge is 0.338 e. The molecule has 0 atom stereocenters. The predicted molar refractivity (Wildman–Crippen MR) is 81.0 cm³/mol. The molecule has 1 aliphatic heterocycles. The lowest BCUT2D eigenvalue weighted by atomic mass is 10.2. The van der Waals surface area contributed by atoms with Crippen LogP contribution >= 0.6 is 11.8 Å². The summed E-state index contributed by atoms with van der Waals surface area (Å²) in [5, 5.41) is 6.40. The first-order valence-electron chi connectivity index (χ1n) is 6.88. The smallest absolute Gasteiger partial charge is 0.324 e. The number of aromatic nitrogens is 2. The highest BCUT2D eigenvalue weighted by atomic mass is 32.2. The molecule has 1 fully saturated rings. The first-order chi connectivity index (χ1) is 11.1. The third-order valence-electron chi connectivity index (χ3n) is 3.18. The van der Waals surface area contributed by atoms with Crippen LogP contribution in [0.1, 0.15) is 5.89 Å². The van der Waals surface area contributed by atoms with Gasteiger partial charge in [-0.1, -0.05) is 5.16 Å². The van der Waals surface area contributed by atoms with Crippen LogP contribution in [0.2, 0.25) is 0 Å². The number of imide groups is 1. The number of urea groups is 1.